The van der Waals surface area contributed by atoms with Gasteiger partial charge in [-0.25, -0.2) is 4.98 Å². The van der Waals surface area contributed by atoms with Crippen molar-refractivity contribution in [1.29, 1.82) is 0 Å². The number of aromatic nitrogens is 3. The molecular formula is C12H13ClN4O. The molecule has 2 rings (SSSR count). The van der Waals surface area contributed by atoms with Crippen molar-refractivity contribution in [3.05, 3.63) is 41.3 Å². The first-order valence-electron chi connectivity index (χ1n) is 5.54. The topological polar surface area (TPSA) is 59.8 Å². The maximum atomic E-state index is 11.7. The van der Waals surface area contributed by atoms with Crippen molar-refractivity contribution in [2.45, 2.75) is 19.9 Å². The van der Waals surface area contributed by atoms with Gasteiger partial charge in [-0.05, 0) is 24.6 Å². The summed E-state index contributed by atoms with van der Waals surface area (Å²) in [6.45, 7) is 2.44. The van der Waals surface area contributed by atoms with Crippen LogP contribution in [-0.4, -0.2) is 20.7 Å². The third kappa shape index (κ3) is 3.56. The van der Waals surface area contributed by atoms with E-state index in [0.29, 0.717) is 23.8 Å². The van der Waals surface area contributed by atoms with Crippen molar-refractivity contribution in [2.75, 3.05) is 5.32 Å². The molecule has 1 N–H and O–H groups in total. The zero-order valence-corrected chi connectivity index (χ0v) is 10.7. The Morgan fingerprint density at radius 3 is 3.06 bits per heavy atom. The minimum atomic E-state index is -0.0975. The normalized spacial score (nSPS) is 10.3. The highest BCUT2D eigenvalue weighted by atomic mass is 35.5. The number of anilines is 1. The zero-order chi connectivity index (χ0) is 13.0. The van der Waals surface area contributed by atoms with Crippen LogP contribution in [0.4, 0.5) is 5.82 Å². The SMILES string of the molecule is Cc1ccnc(NC(=O)CCn2cc(Cl)cn2)c1. The maximum absolute atomic E-state index is 11.7. The predicted octanol–water partition coefficient (Wildman–Crippen LogP) is 2.27. The summed E-state index contributed by atoms with van der Waals surface area (Å²) < 4.78 is 1.63. The summed E-state index contributed by atoms with van der Waals surface area (Å²) in [5.74, 6) is 0.471. The fourth-order valence-electron chi connectivity index (χ4n) is 1.49. The van der Waals surface area contributed by atoms with Crippen LogP contribution in [0.2, 0.25) is 5.02 Å². The summed E-state index contributed by atoms with van der Waals surface area (Å²) in [5, 5.41) is 7.30. The summed E-state index contributed by atoms with van der Waals surface area (Å²) in [4.78, 5) is 15.7. The molecule has 2 aromatic rings. The molecule has 5 nitrogen and oxygen atoms in total. The second-order valence-electron chi connectivity index (χ2n) is 3.94. The molecule has 0 radical (unpaired) electrons. The lowest BCUT2D eigenvalue weighted by Gasteiger charge is -2.05. The van der Waals surface area contributed by atoms with Crippen molar-refractivity contribution < 1.29 is 4.79 Å². The Morgan fingerprint density at radius 2 is 2.39 bits per heavy atom. The van der Waals surface area contributed by atoms with Crippen LogP contribution < -0.4 is 5.32 Å². The molecule has 0 unspecified atom stereocenters. The Bertz CT molecular complexity index is 553. The van der Waals surface area contributed by atoms with Gasteiger partial charge in [-0.15, -0.1) is 0 Å². The first-order chi connectivity index (χ1) is 8.63. The number of halogens is 1. The minimum Gasteiger partial charge on any atom is -0.311 e. The van der Waals surface area contributed by atoms with Gasteiger partial charge < -0.3 is 5.32 Å². The van der Waals surface area contributed by atoms with E-state index in [2.05, 4.69) is 15.4 Å². The van der Waals surface area contributed by atoms with E-state index in [1.807, 2.05) is 19.1 Å². The second-order valence-corrected chi connectivity index (χ2v) is 4.37. The first-order valence-corrected chi connectivity index (χ1v) is 5.92. The molecule has 0 bridgehead atoms. The lowest BCUT2D eigenvalue weighted by atomic mass is 10.3. The number of carbonyl (C=O) groups is 1. The number of aryl methyl sites for hydroxylation is 2. The average Bonchev–Trinajstić information content (AvgIpc) is 2.73. The molecule has 0 fully saturated rings. The van der Waals surface area contributed by atoms with E-state index in [-0.39, 0.29) is 5.91 Å². The zero-order valence-electron chi connectivity index (χ0n) is 9.93. The largest absolute Gasteiger partial charge is 0.311 e. The Labute approximate surface area is 110 Å². The second kappa shape index (κ2) is 5.64. The Hall–Kier alpha value is -1.88. The molecule has 0 saturated heterocycles. The van der Waals surface area contributed by atoms with Gasteiger partial charge in [0.05, 0.1) is 11.2 Å². The van der Waals surface area contributed by atoms with Gasteiger partial charge in [0, 0.05) is 25.4 Å². The molecule has 94 valence electrons. The number of rotatable bonds is 4. The Kier molecular flexibility index (Phi) is 3.94. The van der Waals surface area contributed by atoms with Gasteiger partial charge in [0.1, 0.15) is 5.82 Å². The number of hydrogen-bond acceptors (Lipinski definition) is 3. The molecule has 6 heteroatoms. The molecule has 0 aliphatic carbocycles. The van der Waals surface area contributed by atoms with Crippen LogP contribution in [-0.2, 0) is 11.3 Å². The summed E-state index contributed by atoms with van der Waals surface area (Å²) in [6.07, 6.45) is 5.22. The highest BCUT2D eigenvalue weighted by Crippen LogP contribution is 2.07. The molecule has 0 aliphatic rings. The third-order valence-electron chi connectivity index (χ3n) is 2.35. The number of carbonyl (C=O) groups excluding carboxylic acids is 1. The van der Waals surface area contributed by atoms with Gasteiger partial charge in [-0.3, -0.25) is 9.48 Å². The number of pyridine rings is 1. The fourth-order valence-corrected chi connectivity index (χ4v) is 1.64. The predicted molar refractivity (Wildman–Crippen MR) is 69.5 cm³/mol. The Balaban J connectivity index is 1.85. The lowest BCUT2D eigenvalue weighted by Crippen LogP contribution is -2.15. The van der Waals surface area contributed by atoms with Gasteiger partial charge in [0.2, 0.25) is 5.91 Å². The van der Waals surface area contributed by atoms with E-state index < -0.39 is 0 Å². The molecule has 0 atom stereocenters. The molecule has 0 aliphatic heterocycles. The molecule has 1 amide bonds. The van der Waals surface area contributed by atoms with Gasteiger partial charge in [-0.1, -0.05) is 11.6 Å². The number of amides is 1. The van der Waals surface area contributed by atoms with Gasteiger partial charge in [0.25, 0.3) is 0 Å². The van der Waals surface area contributed by atoms with E-state index in [4.69, 9.17) is 11.6 Å². The summed E-state index contributed by atoms with van der Waals surface area (Å²) in [7, 11) is 0. The van der Waals surface area contributed by atoms with Crippen LogP contribution >= 0.6 is 11.6 Å². The van der Waals surface area contributed by atoms with E-state index in [9.17, 15) is 4.79 Å². The van der Waals surface area contributed by atoms with Crippen molar-refractivity contribution in [3.8, 4) is 0 Å². The Morgan fingerprint density at radius 1 is 1.56 bits per heavy atom. The standard InChI is InChI=1S/C12H13ClN4O/c1-9-2-4-14-11(6-9)16-12(18)3-5-17-8-10(13)7-15-17/h2,4,6-8H,3,5H2,1H3,(H,14,16,18). The van der Waals surface area contributed by atoms with Crippen molar-refractivity contribution in [2.24, 2.45) is 0 Å². The van der Waals surface area contributed by atoms with E-state index in [1.54, 1.807) is 23.3 Å². The highest BCUT2D eigenvalue weighted by molar-refractivity contribution is 6.30. The van der Waals surface area contributed by atoms with Crippen LogP contribution in [0.5, 0.6) is 0 Å². The molecular weight excluding hydrogens is 252 g/mol. The monoisotopic (exact) mass is 264 g/mol. The van der Waals surface area contributed by atoms with Gasteiger partial charge >= 0.3 is 0 Å². The van der Waals surface area contributed by atoms with E-state index in [1.165, 1.54) is 0 Å². The molecule has 0 aromatic carbocycles. The average molecular weight is 265 g/mol. The van der Waals surface area contributed by atoms with Crippen LogP contribution in [0.3, 0.4) is 0 Å². The van der Waals surface area contributed by atoms with E-state index >= 15 is 0 Å². The molecule has 0 spiro atoms. The van der Waals surface area contributed by atoms with Gasteiger partial charge in [-0.2, -0.15) is 5.10 Å². The molecule has 0 saturated carbocycles. The quantitative estimate of drug-likeness (QED) is 0.922. The van der Waals surface area contributed by atoms with Crippen LogP contribution in [0, 0.1) is 6.92 Å². The maximum Gasteiger partial charge on any atom is 0.227 e. The minimum absolute atomic E-state index is 0.0975. The molecule has 2 heterocycles. The summed E-state index contributed by atoms with van der Waals surface area (Å²) in [6, 6.07) is 3.70. The van der Waals surface area contributed by atoms with Gasteiger partial charge in [0.15, 0.2) is 0 Å². The van der Waals surface area contributed by atoms with Crippen LogP contribution in [0.25, 0.3) is 0 Å². The van der Waals surface area contributed by atoms with Crippen molar-refractivity contribution in [3.63, 3.8) is 0 Å². The van der Waals surface area contributed by atoms with Crippen LogP contribution in [0.1, 0.15) is 12.0 Å². The summed E-state index contributed by atoms with van der Waals surface area (Å²) >= 11 is 5.73. The fraction of sp³-hybridized carbons (Fsp3) is 0.250. The highest BCUT2D eigenvalue weighted by Gasteiger charge is 2.04. The smallest absolute Gasteiger partial charge is 0.227 e. The van der Waals surface area contributed by atoms with Crippen molar-refractivity contribution in [1.82, 2.24) is 14.8 Å². The van der Waals surface area contributed by atoms with E-state index in [0.717, 1.165) is 5.56 Å². The number of nitrogens with zero attached hydrogens (tertiary/aromatic N) is 3. The number of hydrogen-bond donors (Lipinski definition) is 1. The third-order valence-corrected chi connectivity index (χ3v) is 2.55. The first kappa shape index (κ1) is 12.6. The summed E-state index contributed by atoms with van der Waals surface area (Å²) in [5.41, 5.74) is 1.05. The molecule has 2 aromatic heterocycles. The lowest BCUT2D eigenvalue weighted by molar-refractivity contribution is -0.116. The molecule has 18 heavy (non-hydrogen) atoms. The number of nitrogens with one attached hydrogen (secondary N) is 1. The van der Waals surface area contributed by atoms with Crippen LogP contribution in [0.15, 0.2) is 30.7 Å². The van der Waals surface area contributed by atoms with Crippen molar-refractivity contribution >= 4 is 23.3 Å².